The largest absolute Gasteiger partial charge is 0.496 e. The predicted octanol–water partition coefficient (Wildman–Crippen LogP) is 8.72. The molecule has 0 bridgehead atoms. The Kier molecular flexibility index (Phi) is 11.6. The van der Waals surface area contributed by atoms with Gasteiger partial charge in [-0.05, 0) is 111 Å². The molecule has 0 unspecified atom stereocenters. The Labute approximate surface area is 332 Å². The molecule has 2 aromatic heterocycles. The van der Waals surface area contributed by atoms with E-state index in [1.807, 2.05) is 13.0 Å². The predicted molar refractivity (Wildman–Crippen MR) is 207 cm³/mol. The van der Waals surface area contributed by atoms with Gasteiger partial charge >= 0.3 is 6.18 Å². The van der Waals surface area contributed by atoms with Crippen LogP contribution in [-0.4, -0.2) is 48.3 Å². The standard InChI is InChI=1S/C39H32ClF3N8O7/c1-4-30-19-29(46-49(30)32-15-13-27(21-34(32)51(56)57)44-37(52)23-5-9-26(40)10-6-23)11-7-24-18-25(8-16-35(24)58-3)38(53)45-28-12-14-31(33(20-28)50(54)55)48-22(2)17-36(47-48)39(41,42)43/h5-6,8-10,12-21H,4,7,11H2,1-3H3,(H,44,52)(H,45,53). The van der Waals surface area contributed by atoms with Crippen molar-refractivity contribution in [2.24, 2.45) is 0 Å². The number of amides is 2. The van der Waals surface area contributed by atoms with Crippen LogP contribution < -0.4 is 15.4 Å². The lowest BCUT2D eigenvalue weighted by molar-refractivity contribution is -0.384. The number of nitro groups is 2. The summed E-state index contributed by atoms with van der Waals surface area (Å²) in [6.07, 6.45) is -3.62. The molecular formula is C39H32ClF3N8O7. The molecule has 58 heavy (non-hydrogen) atoms. The van der Waals surface area contributed by atoms with Crippen LogP contribution in [0.3, 0.4) is 0 Å². The van der Waals surface area contributed by atoms with Gasteiger partial charge in [0.2, 0.25) is 0 Å². The molecule has 4 aromatic carbocycles. The zero-order valence-electron chi connectivity index (χ0n) is 30.8. The number of halogens is 4. The first-order valence-corrected chi connectivity index (χ1v) is 17.8. The molecular weight excluding hydrogens is 785 g/mol. The third kappa shape index (κ3) is 8.81. The molecule has 2 amide bonds. The lowest BCUT2D eigenvalue weighted by Crippen LogP contribution is -2.13. The molecule has 0 saturated carbocycles. The smallest absolute Gasteiger partial charge is 0.435 e. The second-order valence-corrected chi connectivity index (χ2v) is 13.3. The number of carbonyl (C=O) groups is 2. The molecule has 0 atom stereocenters. The van der Waals surface area contributed by atoms with Crippen LogP contribution in [0.25, 0.3) is 11.4 Å². The molecule has 0 spiro atoms. The van der Waals surface area contributed by atoms with Gasteiger partial charge in [0, 0.05) is 51.0 Å². The average molecular weight is 817 g/mol. The van der Waals surface area contributed by atoms with E-state index in [0.717, 1.165) is 16.8 Å². The van der Waals surface area contributed by atoms with Crippen molar-refractivity contribution in [3.05, 3.63) is 156 Å². The number of nitrogens with one attached hydrogen (secondary N) is 2. The average Bonchev–Trinajstić information content (AvgIpc) is 3.80. The summed E-state index contributed by atoms with van der Waals surface area (Å²) in [6.45, 7) is 3.20. The Bertz CT molecular complexity index is 2570. The van der Waals surface area contributed by atoms with Crippen molar-refractivity contribution in [3.63, 3.8) is 0 Å². The van der Waals surface area contributed by atoms with Gasteiger partial charge in [-0.25, -0.2) is 9.36 Å². The molecule has 6 aromatic rings. The molecule has 0 aliphatic carbocycles. The molecule has 0 aliphatic heterocycles. The van der Waals surface area contributed by atoms with Gasteiger partial charge in [0.15, 0.2) is 5.69 Å². The van der Waals surface area contributed by atoms with E-state index >= 15 is 0 Å². The SMILES string of the molecule is CCc1cc(CCc2cc(C(=O)Nc3ccc(-n4nc(C(F)(F)F)cc4C)c([N+](=O)[O-])c3)ccc2OC)nn1-c1ccc(NC(=O)c2ccc(Cl)cc2)cc1[N+](=O)[O-]. The number of hydrogen-bond donors (Lipinski definition) is 2. The summed E-state index contributed by atoms with van der Waals surface area (Å²) in [5.41, 5.74) is 0.513. The Morgan fingerprint density at radius 3 is 1.88 bits per heavy atom. The minimum atomic E-state index is -4.76. The first-order valence-electron chi connectivity index (χ1n) is 17.4. The minimum absolute atomic E-state index is 0.0161. The van der Waals surface area contributed by atoms with E-state index in [1.54, 1.807) is 30.3 Å². The van der Waals surface area contributed by atoms with Crippen LogP contribution in [0.2, 0.25) is 5.02 Å². The number of methoxy groups -OCH3 is 1. The highest BCUT2D eigenvalue weighted by Gasteiger charge is 2.35. The number of carbonyl (C=O) groups excluding carboxylic acids is 2. The first-order chi connectivity index (χ1) is 27.6. The summed E-state index contributed by atoms with van der Waals surface area (Å²) in [6, 6.07) is 21.3. The van der Waals surface area contributed by atoms with Crippen LogP contribution in [0.1, 0.15) is 56.0 Å². The van der Waals surface area contributed by atoms with Crippen LogP contribution in [0.15, 0.2) is 91.0 Å². The van der Waals surface area contributed by atoms with Gasteiger partial charge in [-0.15, -0.1) is 0 Å². The topological polar surface area (TPSA) is 189 Å². The van der Waals surface area contributed by atoms with Crippen molar-refractivity contribution in [1.82, 2.24) is 19.6 Å². The lowest BCUT2D eigenvalue weighted by atomic mass is 10.0. The van der Waals surface area contributed by atoms with Crippen molar-refractivity contribution >= 4 is 46.2 Å². The Hall–Kier alpha value is -7.08. The molecule has 0 fully saturated rings. The maximum Gasteiger partial charge on any atom is 0.435 e. The quantitative estimate of drug-likeness (QED) is 0.0848. The number of benzene rings is 4. The van der Waals surface area contributed by atoms with Gasteiger partial charge in [0.1, 0.15) is 17.1 Å². The number of rotatable bonds is 13. The van der Waals surface area contributed by atoms with E-state index in [0.29, 0.717) is 52.5 Å². The normalized spacial score (nSPS) is 11.3. The number of ether oxygens (including phenoxy) is 1. The van der Waals surface area contributed by atoms with E-state index in [9.17, 15) is 43.0 Å². The molecule has 15 nitrogen and oxygen atoms in total. The molecule has 6 rings (SSSR count). The van der Waals surface area contributed by atoms with Crippen LogP contribution in [0, 0.1) is 27.2 Å². The zero-order chi connectivity index (χ0) is 41.9. The maximum atomic E-state index is 13.4. The van der Waals surface area contributed by atoms with E-state index in [2.05, 4.69) is 20.8 Å². The third-order valence-corrected chi connectivity index (χ3v) is 9.24. The van der Waals surface area contributed by atoms with Gasteiger partial charge in [0.25, 0.3) is 23.2 Å². The number of nitro benzene ring substituents is 2. The summed E-state index contributed by atoms with van der Waals surface area (Å²) in [5.74, 6) is -0.635. The summed E-state index contributed by atoms with van der Waals surface area (Å²) < 4.78 is 47.6. The van der Waals surface area contributed by atoms with Gasteiger partial charge < -0.3 is 15.4 Å². The summed E-state index contributed by atoms with van der Waals surface area (Å²) in [5, 5.41) is 38.1. The molecule has 298 valence electrons. The van der Waals surface area contributed by atoms with E-state index in [-0.39, 0.29) is 39.7 Å². The maximum absolute atomic E-state index is 13.4. The Morgan fingerprint density at radius 2 is 1.34 bits per heavy atom. The lowest BCUT2D eigenvalue weighted by Gasteiger charge is -2.12. The Balaban J connectivity index is 1.20. The van der Waals surface area contributed by atoms with E-state index in [4.69, 9.17) is 16.3 Å². The third-order valence-electron chi connectivity index (χ3n) is 8.99. The number of aryl methyl sites for hydroxylation is 4. The van der Waals surface area contributed by atoms with Crippen molar-refractivity contribution < 1.29 is 37.3 Å². The zero-order valence-corrected chi connectivity index (χ0v) is 31.6. The molecule has 0 aliphatic rings. The molecule has 2 N–H and O–H groups in total. The molecule has 0 radical (unpaired) electrons. The summed E-state index contributed by atoms with van der Waals surface area (Å²) >= 11 is 5.91. The van der Waals surface area contributed by atoms with Crippen LogP contribution in [-0.2, 0) is 25.4 Å². The van der Waals surface area contributed by atoms with Gasteiger partial charge in [-0.2, -0.15) is 23.4 Å². The van der Waals surface area contributed by atoms with Crippen LogP contribution in [0.5, 0.6) is 5.75 Å². The summed E-state index contributed by atoms with van der Waals surface area (Å²) in [4.78, 5) is 48.9. The second-order valence-electron chi connectivity index (χ2n) is 12.8. The number of nitrogens with zero attached hydrogens (tertiary/aromatic N) is 6. The van der Waals surface area contributed by atoms with E-state index in [1.165, 1.54) is 61.2 Å². The number of alkyl halides is 3. The minimum Gasteiger partial charge on any atom is -0.496 e. The number of anilines is 2. The fraction of sp³-hybridized carbons (Fsp3) is 0.179. The second kappa shape index (κ2) is 16.6. The monoisotopic (exact) mass is 816 g/mol. The fourth-order valence-corrected chi connectivity index (χ4v) is 6.28. The highest BCUT2D eigenvalue weighted by molar-refractivity contribution is 6.30. The van der Waals surface area contributed by atoms with Crippen molar-refractivity contribution in [1.29, 1.82) is 0 Å². The molecule has 0 saturated heterocycles. The highest BCUT2D eigenvalue weighted by Crippen LogP contribution is 2.33. The first kappa shape index (κ1) is 40.6. The number of hydrogen-bond acceptors (Lipinski definition) is 9. The van der Waals surface area contributed by atoms with Crippen molar-refractivity contribution in [3.8, 4) is 17.1 Å². The van der Waals surface area contributed by atoms with Gasteiger partial charge in [0.05, 0.1) is 22.7 Å². The summed E-state index contributed by atoms with van der Waals surface area (Å²) in [7, 11) is 1.46. The molecule has 2 heterocycles. The van der Waals surface area contributed by atoms with Gasteiger partial charge in [-0.1, -0.05) is 18.5 Å². The van der Waals surface area contributed by atoms with E-state index < -0.39 is 39.2 Å². The van der Waals surface area contributed by atoms with Crippen molar-refractivity contribution in [2.75, 3.05) is 17.7 Å². The van der Waals surface area contributed by atoms with Crippen LogP contribution in [0.4, 0.5) is 35.9 Å². The van der Waals surface area contributed by atoms with Crippen LogP contribution >= 0.6 is 11.6 Å². The fourth-order valence-electron chi connectivity index (χ4n) is 6.15. The Morgan fingerprint density at radius 1 is 0.776 bits per heavy atom. The highest BCUT2D eigenvalue weighted by atomic mass is 35.5. The number of aromatic nitrogens is 4. The van der Waals surface area contributed by atoms with Gasteiger partial charge in [-0.3, -0.25) is 29.8 Å². The molecule has 19 heteroatoms. The van der Waals surface area contributed by atoms with Crippen molar-refractivity contribution in [2.45, 2.75) is 39.3 Å².